The van der Waals surface area contributed by atoms with Crippen molar-refractivity contribution in [3.05, 3.63) is 12.4 Å². The Balaban J connectivity index is 1.40. The molecule has 1 atom stereocenters. The number of aromatic nitrogens is 2. The van der Waals surface area contributed by atoms with Crippen LogP contribution in [0, 0.1) is 5.92 Å². The Hall–Kier alpha value is -1.87. The Morgan fingerprint density at radius 3 is 2.41 bits per heavy atom. The molecule has 1 amide bonds. The van der Waals surface area contributed by atoms with Crippen LogP contribution in [0.5, 0.6) is 6.01 Å². The summed E-state index contributed by atoms with van der Waals surface area (Å²) in [6.45, 7) is 15.8. The monoisotopic (exact) mass is 447 g/mol. The molecule has 1 aromatic rings. The average molecular weight is 447 g/mol. The fourth-order valence-electron chi connectivity index (χ4n) is 3.83. The maximum absolute atomic E-state index is 12.3. The van der Waals surface area contributed by atoms with Crippen LogP contribution in [0.3, 0.4) is 0 Å². The summed E-state index contributed by atoms with van der Waals surface area (Å²) >= 11 is 0. The third-order valence-electron chi connectivity index (χ3n) is 6.33. The number of rotatable bonds is 6. The van der Waals surface area contributed by atoms with Gasteiger partial charge in [0.25, 0.3) is 0 Å². The highest BCUT2D eigenvalue weighted by Gasteiger charge is 2.52. The molecule has 32 heavy (non-hydrogen) atoms. The van der Waals surface area contributed by atoms with Crippen LogP contribution in [0.1, 0.15) is 74.1 Å². The minimum absolute atomic E-state index is 0.214. The van der Waals surface area contributed by atoms with E-state index in [2.05, 4.69) is 9.97 Å². The number of carbonyl (C=O) groups is 1. The second-order valence-electron chi connectivity index (χ2n) is 10.8. The maximum Gasteiger partial charge on any atom is 0.498 e. The zero-order valence-electron chi connectivity index (χ0n) is 20.6. The molecule has 1 unspecified atom stereocenters. The maximum atomic E-state index is 12.3. The molecule has 8 nitrogen and oxygen atoms in total. The molecule has 2 aliphatic rings. The van der Waals surface area contributed by atoms with E-state index in [9.17, 15) is 4.79 Å². The van der Waals surface area contributed by atoms with Gasteiger partial charge in [0.15, 0.2) is 0 Å². The van der Waals surface area contributed by atoms with Gasteiger partial charge < -0.3 is 23.7 Å². The molecule has 0 N–H and O–H groups in total. The first kappa shape index (κ1) is 24.8. The van der Waals surface area contributed by atoms with Crippen molar-refractivity contribution in [2.75, 3.05) is 19.7 Å². The molecule has 0 radical (unpaired) electrons. The van der Waals surface area contributed by atoms with Crippen LogP contribution in [-0.4, -0.2) is 64.6 Å². The Kier molecular flexibility index (Phi) is 7.39. The molecule has 3 heterocycles. The average Bonchev–Trinajstić information content (AvgIpc) is 2.92. The van der Waals surface area contributed by atoms with E-state index in [-0.39, 0.29) is 6.09 Å². The molecule has 0 saturated carbocycles. The van der Waals surface area contributed by atoms with Gasteiger partial charge >= 0.3 is 19.2 Å². The largest absolute Gasteiger partial charge is 0.498 e. The Morgan fingerprint density at radius 1 is 1.19 bits per heavy atom. The summed E-state index contributed by atoms with van der Waals surface area (Å²) in [5, 5.41) is 0. The lowest BCUT2D eigenvalue weighted by molar-refractivity contribution is 0.00578. The quantitative estimate of drug-likeness (QED) is 0.487. The molecule has 0 aromatic carbocycles. The van der Waals surface area contributed by atoms with E-state index in [1.807, 2.05) is 53.4 Å². The number of likely N-dealkylation sites (tertiary alicyclic amines) is 1. The van der Waals surface area contributed by atoms with Crippen molar-refractivity contribution >= 4 is 18.7 Å². The molecule has 1 aromatic heterocycles. The molecular weight excluding hydrogens is 409 g/mol. The zero-order chi connectivity index (χ0) is 23.6. The predicted octanol–water partition coefficient (Wildman–Crippen LogP) is 3.58. The highest BCUT2D eigenvalue weighted by molar-refractivity contribution is 6.61. The number of hydrogen-bond acceptors (Lipinski definition) is 7. The lowest BCUT2D eigenvalue weighted by Gasteiger charge is -2.34. The summed E-state index contributed by atoms with van der Waals surface area (Å²) in [6.07, 6.45) is 7.19. The number of nitrogens with zero attached hydrogens (tertiary/aromatic N) is 3. The summed E-state index contributed by atoms with van der Waals surface area (Å²) in [5.74, 6) is 0.464. The van der Waals surface area contributed by atoms with Gasteiger partial charge in [0, 0.05) is 30.9 Å². The zero-order valence-corrected chi connectivity index (χ0v) is 20.6. The van der Waals surface area contributed by atoms with Crippen molar-refractivity contribution in [1.29, 1.82) is 0 Å². The fourth-order valence-corrected chi connectivity index (χ4v) is 3.83. The van der Waals surface area contributed by atoms with E-state index in [0.29, 0.717) is 18.5 Å². The molecule has 0 spiro atoms. The summed E-state index contributed by atoms with van der Waals surface area (Å²) in [6, 6.07) is 0.351. The SMILES string of the molecule is CC(C)(C)OC(=O)N1CCCC(CCCOc2ncc(B3OC(C)(C)C(C)(C)O3)cn2)C1. The molecule has 2 saturated heterocycles. The van der Waals surface area contributed by atoms with Crippen molar-refractivity contribution in [2.24, 2.45) is 5.92 Å². The first-order valence-corrected chi connectivity index (χ1v) is 11.6. The van der Waals surface area contributed by atoms with Crippen molar-refractivity contribution in [2.45, 2.75) is 91.0 Å². The van der Waals surface area contributed by atoms with Crippen molar-refractivity contribution in [3.63, 3.8) is 0 Å². The Bertz CT molecular complexity index is 763. The number of piperidine rings is 1. The number of carbonyl (C=O) groups excluding carboxylic acids is 1. The van der Waals surface area contributed by atoms with Crippen molar-refractivity contribution in [3.8, 4) is 6.01 Å². The van der Waals surface area contributed by atoms with Gasteiger partial charge in [0.2, 0.25) is 0 Å². The molecule has 0 bridgehead atoms. The summed E-state index contributed by atoms with van der Waals surface area (Å²) in [4.78, 5) is 22.8. The highest BCUT2D eigenvalue weighted by Crippen LogP contribution is 2.36. The van der Waals surface area contributed by atoms with Crippen LogP contribution >= 0.6 is 0 Å². The second kappa shape index (κ2) is 9.55. The van der Waals surface area contributed by atoms with Gasteiger partial charge in [-0.1, -0.05) is 0 Å². The number of hydrogen-bond donors (Lipinski definition) is 0. The van der Waals surface area contributed by atoms with Crippen LogP contribution in [0.25, 0.3) is 0 Å². The third kappa shape index (κ3) is 6.35. The number of amides is 1. The predicted molar refractivity (Wildman–Crippen MR) is 123 cm³/mol. The van der Waals surface area contributed by atoms with E-state index in [4.69, 9.17) is 18.8 Å². The van der Waals surface area contributed by atoms with Crippen LogP contribution in [0.4, 0.5) is 4.79 Å². The van der Waals surface area contributed by atoms with Gasteiger partial charge in [-0.25, -0.2) is 14.8 Å². The van der Waals surface area contributed by atoms with Crippen LogP contribution in [0.2, 0.25) is 0 Å². The van der Waals surface area contributed by atoms with Crippen molar-refractivity contribution < 1.29 is 23.6 Å². The van der Waals surface area contributed by atoms with E-state index >= 15 is 0 Å². The van der Waals surface area contributed by atoms with Gasteiger partial charge in [0.1, 0.15) is 5.60 Å². The van der Waals surface area contributed by atoms with Crippen LogP contribution in [-0.2, 0) is 14.0 Å². The lowest BCUT2D eigenvalue weighted by Crippen LogP contribution is -2.42. The van der Waals surface area contributed by atoms with E-state index in [1.54, 1.807) is 12.4 Å². The molecule has 178 valence electrons. The summed E-state index contributed by atoms with van der Waals surface area (Å²) in [7, 11) is -0.478. The molecule has 9 heteroatoms. The number of ether oxygens (including phenoxy) is 2. The Morgan fingerprint density at radius 2 is 1.81 bits per heavy atom. The summed E-state index contributed by atoms with van der Waals surface area (Å²) in [5.41, 5.74) is -0.480. The first-order valence-electron chi connectivity index (χ1n) is 11.6. The third-order valence-corrected chi connectivity index (χ3v) is 6.33. The molecule has 0 aliphatic carbocycles. The molecule has 3 rings (SSSR count). The van der Waals surface area contributed by atoms with E-state index in [0.717, 1.165) is 44.2 Å². The normalized spacial score (nSPS) is 22.7. The summed E-state index contributed by atoms with van der Waals surface area (Å²) < 4.78 is 23.3. The second-order valence-corrected chi connectivity index (χ2v) is 10.8. The van der Waals surface area contributed by atoms with E-state index < -0.39 is 23.9 Å². The van der Waals surface area contributed by atoms with Crippen molar-refractivity contribution in [1.82, 2.24) is 14.9 Å². The molecule has 2 aliphatic heterocycles. The molecular formula is C23H38BN3O5. The Labute approximate surface area is 192 Å². The highest BCUT2D eigenvalue weighted by atomic mass is 16.7. The van der Waals surface area contributed by atoms with E-state index in [1.165, 1.54) is 0 Å². The fraction of sp³-hybridized carbons (Fsp3) is 0.783. The van der Waals surface area contributed by atoms with Gasteiger partial charge in [-0.05, 0) is 80.1 Å². The minimum Gasteiger partial charge on any atom is -0.463 e. The molecule has 2 fully saturated rings. The van der Waals surface area contributed by atoms with Gasteiger partial charge in [-0.3, -0.25) is 0 Å². The van der Waals surface area contributed by atoms with Gasteiger partial charge in [-0.2, -0.15) is 0 Å². The standard InChI is InChI=1S/C23H38BN3O5/c1-21(2,3)30-20(28)27-12-8-10-17(16-27)11-9-13-29-19-25-14-18(15-26-19)24-31-22(4,5)23(6,7)32-24/h14-15,17H,8-13,16H2,1-7H3. The van der Waals surface area contributed by atoms with Gasteiger partial charge in [0.05, 0.1) is 17.8 Å². The van der Waals surface area contributed by atoms with Gasteiger partial charge in [-0.15, -0.1) is 0 Å². The lowest BCUT2D eigenvalue weighted by atomic mass is 9.81. The van der Waals surface area contributed by atoms with Crippen LogP contribution < -0.4 is 10.2 Å². The smallest absolute Gasteiger partial charge is 0.463 e. The minimum atomic E-state index is -0.478. The first-order chi connectivity index (χ1) is 14.9. The van der Waals surface area contributed by atoms with Crippen LogP contribution in [0.15, 0.2) is 12.4 Å². The topological polar surface area (TPSA) is 83.0 Å².